The Morgan fingerprint density at radius 1 is 0.967 bits per heavy atom. The molecule has 0 spiro atoms. The SMILES string of the molecule is CCOc1ccc(OCCN2C(=O)N[C@](C)(c3ccc(OC(F)F)cc3)C2=O)cc1. The molecule has 0 radical (unpaired) electrons. The van der Waals surface area contributed by atoms with Crippen molar-refractivity contribution in [1.82, 2.24) is 10.2 Å². The number of carbonyl (C=O) groups is 2. The van der Waals surface area contributed by atoms with Gasteiger partial charge in [0.25, 0.3) is 5.91 Å². The summed E-state index contributed by atoms with van der Waals surface area (Å²) in [5.41, 5.74) is -0.850. The molecule has 3 amide bonds. The molecule has 9 heteroatoms. The van der Waals surface area contributed by atoms with Crippen molar-refractivity contribution in [3.05, 3.63) is 54.1 Å². The van der Waals surface area contributed by atoms with E-state index in [0.29, 0.717) is 17.9 Å². The van der Waals surface area contributed by atoms with Gasteiger partial charge < -0.3 is 19.5 Å². The van der Waals surface area contributed by atoms with E-state index in [0.717, 1.165) is 10.6 Å². The number of imide groups is 1. The Labute approximate surface area is 172 Å². The minimum Gasteiger partial charge on any atom is -0.494 e. The number of hydrogen-bond acceptors (Lipinski definition) is 5. The highest BCUT2D eigenvalue weighted by Gasteiger charge is 2.48. The van der Waals surface area contributed by atoms with E-state index in [1.807, 2.05) is 6.92 Å². The fourth-order valence-corrected chi connectivity index (χ4v) is 3.12. The van der Waals surface area contributed by atoms with E-state index in [2.05, 4.69) is 10.1 Å². The summed E-state index contributed by atoms with van der Waals surface area (Å²) in [5, 5.41) is 2.65. The average Bonchev–Trinajstić information content (AvgIpc) is 2.93. The maximum Gasteiger partial charge on any atom is 0.387 e. The molecule has 3 rings (SSSR count). The first-order valence-electron chi connectivity index (χ1n) is 9.38. The van der Waals surface area contributed by atoms with Gasteiger partial charge in [-0.2, -0.15) is 8.78 Å². The van der Waals surface area contributed by atoms with E-state index in [4.69, 9.17) is 9.47 Å². The summed E-state index contributed by atoms with van der Waals surface area (Å²) >= 11 is 0. The standard InChI is InChI=1S/C21H22F2N2O5/c1-3-28-15-8-10-16(11-9-15)29-13-12-25-18(26)21(2,24-20(25)27)14-4-6-17(7-5-14)30-19(22)23/h4-11,19H,3,12-13H2,1-2H3,(H,24,27)/t21-/m1/s1. The van der Waals surface area contributed by atoms with Crippen LogP contribution < -0.4 is 19.5 Å². The molecule has 0 bridgehead atoms. The smallest absolute Gasteiger partial charge is 0.387 e. The molecule has 1 heterocycles. The third kappa shape index (κ3) is 4.61. The average molecular weight is 420 g/mol. The third-order valence-corrected chi connectivity index (χ3v) is 4.65. The Morgan fingerprint density at radius 2 is 1.53 bits per heavy atom. The molecule has 160 valence electrons. The molecule has 7 nitrogen and oxygen atoms in total. The van der Waals surface area contributed by atoms with Gasteiger partial charge in [0.1, 0.15) is 29.4 Å². The van der Waals surface area contributed by atoms with Crippen molar-refractivity contribution in [2.75, 3.05) is 19.8 Å². The Bertz CT molecular complexity index is 889. The lowest BCUT2D eigenvalue weighted by Crippen LogP contribution is -2.41. The van der Waals surface area contributed by atoms with Crippen LogP contribution in [0.4, 0.5) is 13.6 Å². The lowest BCUT2D eigenvalue weighted by atomic mass is 9.92. The first-order valence-corrected chi connectivity index (χ1v) is 9.38. The van der Waals surface area contributed by atoms with Crippen LogP contribution in [0.15, 0.2) is 48.5 Å². The van der Waals surface area contributed by atoms with Crippen LogP contribution >= 0.6 is 0 Å². The van der Waals surface area contributed by atoms with Crippen LogP contribution in [0.25, 0.3) is 0 Å². The summed E-state index contributed by atoms with van der Waals surface area (Å²) in [6, 6.07) is 12.1. The van der Waals surface area contributed by atoms with Crippen molar-refractivity contribution < 1.29 is 32.6 Å². The van der Waals surface area contributed by atoms with Gasteiger partial charge in [-0.1, -0.05) is 12.1 Å². The van der Waals surface area contributed by atoms with Crippen molar-refractivity contribution in [3.8, 4) is 17.2 Å². The van der Waals surface area contributed by atoms with Crippen LogP contribution in [0.2, 0.25) is 0 Å². The first kappa shape index (κ1) is 21.4. The highest BCUT2D eigenvalue weighted by Crippen LogP contribution is 2.30. The summed E-state index contributed by atoms with van der Waals surface area (Å²) in [4.78, 5) is 26.3. The molecule has 1 aliphatic rings. The topological polar surface area (TPSA) is 77.1 Å². The Kier molecular flexibility index (Phi) is 6.39. The second kappa shape index (κ2) is 8.98. The zero-order valence-corrected chi connectivity index (χ0v) is 16.6. The number of rotatable bonds is 9. The quantitative estimate of drug-likeness (QED) is 0.628. The maximum atomic E-state index is 12.9. The van der Waals surface area contributed by atoms with Gasteiger partial charge in [-0.05, 0) is 55.8 Å². The highest BCUT2D eigenvalue weighted by atomic mass is 19.3. The predicted octanol–water partition coefficient (Wildman–Crippen LogP) is 3.53. The normalized spacial score (nSPS) is 18.5. The largest absolute Gasteiger partial charge is 0.494 e. The lowest BCUT2D eigenvalue weighted by Gasteiger charge is -2.22. The number of benzene rings is 2. The molecule has 0 unspecified atom stereocenters. The molecular formula is C21H22F2N2O5. The zero-order valence-electron chi connectivity index (χ0n) is 16.6. The molecule has 1 aliphatic heterocycles. The maximum absolute atomic E-state index is 12.9. The van der Waals surface area contributed by atoms with E-state index < -0.39 is 24.1 Å². The van der Waals surface area contributed by atoms with E-state index in [-0.39, 0.29) is 18.9 Å². The van der Waals surface area contributed by atoms with Crippen molar-refractivity contribution in [1.29, 1.82) is 0 Å². The van der Waals surface area contributed by atoms with Gasteiger partial charge in [0, 0.05) is 0 Å². The number of nitrogens with one attached hydrogen (secondary N) is 1. The van der Waals surface area contributed by atoms with Crippen molar-refractivity contribution in [3.63, 3.8) is 0 Å². The second-order valence-electron chi connectivity index (χ2n) is 6.67. The molecule has 2 aromatic rings. The minimum atomic E-state index is -2.94. The number of ether oxygens (including phenoxy) is 3. The van der Waals surface area contributed by atoms with Gasteiger partial charge in [-0.25, -0.2) is 4.79 Å². The van der Waals surface area contributed by atoms with Gasteiger partial charge in [-0.3, -0.25) is 9.69 Å². The first-order chi connectivity index (χ1) is 14.3. The van der Waals surface area contributed by atoms with Crippen LogP contribution in [0.3, 0.4) is 0 Å². The van der Waals surface area contributed by atoms with E-state index in [1.165, 1.54) is 24.3 Å². The molecule has 30 heavy (non-hydrogen) atoms. The van der Waals surface area contributed by atoms with Crippen LogP contribution in [0.5, 0.6) is 17.2 Å². The van der Waals surface area contributed by atoms with Crippen LogP contribution in [-0.4, -0.2) is 43.2 Å². The summed E-state index contributed by atoms with van der Waals surface area (Å²) in [6.45, 7) is 1.24. The molecule has 0 aromatic heterocycles. The summed E-state index contributed by atoms with van der Waals surface area (Å²) in [5.74, 6) is 0.822. The fraction of sp³-hybridized carbons (Fsp3) is 0.333. The number of amides is 3. The van der Waals surface area contributed by atoms with Crippen molar-refractivity contribution in [2.45, 2.75) is 26.0 Å². The van der Waals surface area contributed by atoms with E-state index in [1.54, 1.807) is 31.2 Å². The second-order valence-corrected chi connectivity index (χ2v) is 6.67. The van der Waals surface area contributed by atoms with Crippen molar-refractivity contribution >= 4 is 11.9 Å². The lowest BCUT2D eigenvalue weighted by molar-refractivity contribution is -0.131. The Hall–Kier alpha value is -3.36. The number of hydrogen-bond donors (Lipinski definition) is 1. The van der Waals surface area contributed by atoms with Gasteiger partial charge in [0.05, 0.1) is 13.2 Å². The number of carbonyl (C=O) groups excluding carboxylic acids is 2. The number of urea groups is 1. The molecule has 0 aliphatic carbocycles. The Morgan fingerprint density at radius 3 is 2.10 bits per heavy atom. The van der Waals surface area contributed by atoms with E-state index >= 15 is 0 Å². The zero-order chi connectivity index (χ0) is 21.7. The highest BCUT2D eigenvalue weighted by molar-refractivity contribution is 6.07. The monoisotopic (exact) mass is 420 g/mol. The molecule has 1 atom stereocenters. The molecule has 2 aromatic carbocycles. The van der Waals surface area contributed by atoms with Gasteiger partial charge in [0.2, 0.25) is 0 Å². The summed E-state index contributed by atoms with van der Waals surface area (Å²) in [7, 11) is 0. The summed E-state index contributed by atoms with van der Waals surface area (Å²) in [6.07, 6.45) is 0. The molecule has 1 fully saturated rings. The van der Waals surface area contributed by atoms with Gasteiger partial charge in [-0.15, -0.1) is 0 Å². The summed E-state index contributed by atoms with van der Waals surface area (Å²) < 4.78 is 39.9. The van der Waals surface area contributed by atoms with E-state index in [9.17, 15) is 18.4 Å². The molecule has 1 N–H and O–H groups in total. The number of nitrogens with zero attached hydrogens (tertiary/aromatic N) is 1. The molecule has 1 saturated heterocycles. The molecular weight excluding hydrogens is 398 g/mol. The van der Waals surface area contributed by atoms with Crippen LogP contribution in [0, 0.1) is 0 Å². The van der Waals surface area contributed by atoms with Crippen LogP contribution in [-0.2, 0) is 10.3 Å². The fourth-order valence-electron chi connectivity index (χ4n) is 3.12. The molecule has 0 saturated carbocycles. The van der Waals surface area contributed by atoms with Crippen LogP contribution in [0.1, 0.15) is 19.4 Å². The van der Waals surface area contributed by atoms with Crippen molar-refractivity contribution in [2.24, 2.45) is 0 Å². The predicted molar refractivity (Wildman–Crippen MR) is 104 cm³/mol. The minimum absolute atomic E-state index is 0.0327. The van der Waals surface area contributed by atoms with Gasteiger partial charge >= 0.3 is 12.6 Å². The number of halogens is 2. The number of alkyl halides is 2. The van der Waals surface area contributed by atoms with Gasteiger partial charge in [0.15, 0.2) is 0 Å². The third-order valence-electron chi connectivity index (χ3n) is 4.65. The Balaban J connectivity index is 1.61.